The molecule has 27 heavy (non-hydrogen) atoms. The van der Waals surface area contributed by atoms with Crippen LogP contribution in [0.25, 0.3) is 0 Å². The van der Waals surface area contributed by atoms with Crippen LogP contribution in [0.1, 0.15) is 6.92 Å². The van der Waals surface area contributed by atoms with E-state index in [2.05, 4.69) is 14.2 Å². The fraction of sp³-hybridized carbons (Fsp3) is 0.0667. The van der Waals surface area contributed by atoms with Crippen molar-refractivity contribution in [1.82, 2.24) is 0 Å². The highest BCUT2D eigenvalue weighted by molar-refractivity contribution is 5.71. The Bertz CT molecular complexity index is 945. The summed E-state index contributed by atoms with van der Waals surface area (Å²) in [5.74, 6) is -18.7. The van der Waals surface area contributed by atoms with E-state index in [9.17, 15) is 35.9 Å². The molecule has 0 bridgehead atoms. The molecule has 0 amide bonds. The van der Waals surface area contributed by atoms with Crippen LogP contribution < -0.4 is 14.2 Å². The zero-order valence-corrected chi connectivity index (χ0v) is 12.9. The van der Waals surface area contributed by atoms with E-state index in [1.165, 1.54) is 0 Å². The Morgan fingerprint density at radius 2 is 1.37 bits per heavy atom. The SMILES string of the molecule is CC(=O)Oc1cc(F)c(F)c(OC(=O)Oc2c(F)cc(F)c(O)c2F)c1F. The van der Waals surface area contributed by atoms with Crippen molar-refractivity contribution in [1.29, 1.82) is 0 Å². The van der Waals surface area contributed by atoms with Crippen molar-refractivity contribution >= 4 is 12.1 Å². The molecule has 1 N–H and O–H groups in total. The topological polar surface area (TPSA) is 82.1 Å². The maximum Gasteiger partial charge on any atom is 0.519 e. The number of benzene rings is 2. The standard InChI is InChI=1S/C15H6F6O6/c1-4(22)25-8-3-5(16)9(19)14(10(8)20)27-15(24)26-13-7(18)2-6(17)12(23)11(13)21/h2-3,23H,1H3. The summed E-state index contributed by atoms with van der Waals surface area (Å²) in [6.07, 6.45) is -2.18. The highest BCUT2D eigenvalue weighted by Crippen LogP contribution is 2.34. The molecule has 0 aliphatic heterocycles. The summed E-state index contributed by atoms with van der Waals surface area (Å²) in [4.78, 5) is 22.3. The number of ether oxygens (including phenoxy) is 3. The van der Waals surface area contributed by atoms with Gasteiger partial charge in [-0.2, -0.15) is 13.2 Å². The second-order valence-electron chi connectivity index (χ2n) is 4.69. The molecule has 6 nitrogen and oxygen atoms in total. The second-order valence-corrected chi connectivity index (χ2v) is 4.69. The summed E-state index contributed by atoms with van der Waals surface area (Å²) in [6.45, 7) is 0.808. The van der Waals surface area contributed by atoms with Crippen LogP contribution in [-0.2, 0) is 4.79 Å². The van der Waals surface area contributed by atoms with Gasteiger partial charge in [0, 0.05) is 19.1 Å². The van der Waals surface area contributed by atoms with E-state index in [1.54, 1.807) is 0 Å². The molecule has 0 heterocycles. The monoisotopic (exact) mass is 396 g/mol. The van der Waals surface area contributed by atoms with E-state index >= 15 is 0 Å². The number of halogens is 6. The molecule has 0 aliphatic rings. The average molecular weight is 396 g/mol. The lowest BCUT2D eigenvalue weighted by Crippen LogP contribution is -2.18. The smallest absolute Gasteiger partial charge is 0.503 e. The number of carbonyl (C=O) groups is 2. The molecule has 2 rings (SSSR count). The molecule has 0 aromatic heterocycles. The number of aromatic hydroxyl groups is 1. The summed E-state index contributed by atoms with van der Waals surface area (Å²) < 4.78 is 93.1. The van der Waals surface area contributed by atoms with Crippen LogP contribution in [-0.4, -0.2) is 17.2 Å². The Balaban J connectivity index is 2.35. The van der Waals surface area contributed by atoms with E-state index < -0.39 is 70.0 Å². The minimum atomic E-state index is -2.18. The van der Waals surface area contributed by atoms with Crippen molar-refractivity contribution in [2.24, 2.45) is 0 Å². The first-order chi connectivity index (χ1) is 12.5. The minimum absolute atomic E-state index is 0.0524. The van der Waals surface area contributed by atoms with Crippen molar-refractivity contribution in [3.8, 4) is 23.0 Å². The van der Waals surface area contributed by atoms with Crippen LogP contribution in [0.3, 0.4) is 0 Å². The van der Waals surface area contributed by atoms with Gasteiger partial charge >= 0.3 is 12.1 Å². The summed E-state index contributed by atoms with van der Waals surface area (Å²) in [5, 5.41) is 8.99. The molecule has 0 fully saturated rings. The zero-order chi connectivity index (χ0) is 20.5. The predicted molar refractivity (Wildman–Crippen MR) is 72.3 cm³/mol. The Labute approximate surface area is 145 Å². The quantitative estimate of drug-likeness (QED) is 0.280. The third kappa shape index (κ3) is 4.04. The number of hydrogen-bond donors (Lipinski definition) is 1. The van der Waals surface area contributed by atoms with E-state index in [4.69, 9.17) is 5.11 Å². The highest BCUT2D eigenvalue weighted by Gasteiger charge is 2.28. The summed E-state index contributed by atoms with van der Waals surface area (Å²) in [5.41, 5.74) is 0. The van der Waals surface area contributed by atoms with Crippen LogP contribution in [0.2, 0.25) is 0 Å². The molecule has 0 radical (unpaired) electrons. The number of esters is 1. The maximum atomic E-state index is 14.0. The number of phenols is 1. The van der Waals surface area contributed by atoms with Gasteiger partial charge in [0.15, 0.2) is 29.0 Å². The number of phenolic OH excluding ortho intramolecular Hbond substituents is 1. The van der Waals surface area contributed by atoms with Crippen molar-refractivity contribution in [2.75, 3.05) is 0 Å². The number of rotatable bonds is 3. The first-order valence-electron chi connectivity index (χ1n) is 6.65. The van der Waals surface area contributed by atoms with Gasteiger partial charge in [-0.15, -0.1) is 0 Å². The van der Waals surface area contributed by atoms with Gasteiger partial charge in [-0.25, -0.2) is 18.0 Å². The first kappa shape index (κ1) is 19.9. The largest absolute Gasteiger partial charge is 0.519 e. The van der Waals surface area contributed by atoms with Gasteiger partial charge in [0.1, 0.15) is 0 Å². The summed E-state index contributed by atoms with van der Waals surface area (Å²) >= 11 is 0. The molecule has 0 unspecified atom stereocenters. The van der Waals surface area contributed by atoms with Gasteiger partial charge in [0.05, 0.1) is 0 Å². The van der Waals surface area contributed by atoms with Gasteiger partial charge in [-0.1, -0.05) is 0 Å². The van der Waals surface area contributed by atoms with Crippen LogP contribution in [0.5, 0.6) is 23.0 Å². The first-order valence-corrected chi connectivity index (χ1v) is 6.65. The number of hydrogen-bond acceptors (Lipinski definition) is 6. The normalized spacial score (nSPS) is 10.5. The molecule has 0 spiro atoms. The van der Waals surface area contributed by atoms with Gasteiger partial charge < -0.3 is 19.3 Å². The molecule has 2 aromatic rings. The Kier molecular flexibility index (Phi) is 5.47. The molecule has 0 saturated carbocycles. The molecule has 0 aliphatic carbocycles. The van der Waals surface area contributed by atoms with Crippen molar-refractivity contribution < 1.29 is 55.2 Å². The Hall–Kier alpha value is -3.44. The van der Waals surface area contributed by atoms with Crippen LogP contribution in [0.15, 0.2) is 12.1 Å². The molecule has 144 valence electrons. The van der Waals surface area contributed by atoms with E-state index in [-0.39, 0.29) is 12.1 Å². The van der Waals surface area contributed by atoms with Crippen molar-refractivity contribution in [3.63, 3.8) is 0 Å². The molecule has 0 saturated heterocycles. The zero-order valence-electron chi connectivity index (χ0n) is 12.9. The third-order valence-electron chi connectivity index (χ3n) is 2.81. The lowest BCUT2D eigenvalue weighted by Gasteiger charge is -2.11. The molecular formula is C15H6F6O6. The lowest BCUT2D eigenvalue weighted by molar-refractivity contribution is -0.132. The lowest BCUT2D eigenvalue weighted by atomic mass is 10.2. The maximum absolute atomic E-state index is 14.0. The fourth-order valence-electron chi connectivity index (χ4n) is 1.72. The van der Waals surface area contributed by atoms with Gasteiger partial charge in [-0.05, 0) is 0 Å². The average Bonchev–Trinajstić information content (AvgIpc) is 2.58. The van der Waals surface area contributed by atoms with Crippen LogP contribution in [0, 0.1) is 34.9 Å². The van der Waals surface area contributed by atoms with E-state index in [0.717, 1.165) is 6.92 Å². The summed E-state index contributed by atoms with van der Waals surface area (Å²) in [7, 11) is 0. The Morgan fingerprint density at radius 1 is 0.778 bits per heavy atom. The molecule has 2 aromatic carbocycles. The Morgan fingerprint density at radius 3 is 1.96 bits per heavy atom. The van der Waals surface area contributed by atoms with Crippen molar-refractivity contribution in [3.05, 3.63) is 47.0 Å². The van der Waals surface area contributed by atoms with Crippen LogP contribution >= 0.6 is 0 Å². The molecule has 12 heteroatoms. The van der Waals surface area contributed by atoms with Crippen molar-refractivity contribution in [2.45, 2.75) is 6.92 Å². The fourth-order valence-corrected chi connectivity index (χ4v) is 1.72. The van der Waals surface area contributed by atoms with Gasteiger partial charge in [-0.3, -0.25) is 4.79 Å². The summed E-state index contributed by atoms with van der Waals surface area (Å²) in [6, 6.07) is 0.0881. The number of carbonyl (C=O) groups excluding carboxylic acids is 2. The van der Waals surface area contributed by atoms with E-state index in [0.29, 0.717) is 0 Å². The predicted octanol–water partition coefficient (Wildman–Crippen LogP) is 3.73. The second kappa shape index (κ2) is 7.43. The minimum Gasteiger partial charge on any atom is -0.503 e. The van der Waals surface area contributed by atoms with E-state index in [1.807, 2.05) is 0 Å². The van der Waals surface area contributed by atoms with Gasteiger partial charge in [0.25, 0.3) is 0 Å². The molecule has 0 atom stereocenters. The third-order valence-corrected chi connectivity index (χ3v) is 2.81. The van der Waals surface area contributed by atoms with Crippen LogP contribution in [0.4, 0.5) is 31.1 Å². The highest BCUT2D eigenvalue weighted by atomic mass is 19.2. The molecular weight excluding hydrogens is 390 g/mol. The van der Waals surface area contributed by atoms with Gasteiger partial charge in [0.2, 0.25) is 29.0 Å².